The van der Waals surface area contributed by atoms with Gasteiger partial charge >= 0.3 is 5.97 Å². The van der Waals surface area contributed by atoms with E-state index in [2.05, 4.69) is 17.9 Å². The van der Waals surface area contributed by atoms with E-state index in [1.807, 2.05) is 30.3 Å². The number of hydrogen-bond donors (Lipinski definition) is 2. The number of rotatable bonds is 3. The van der Waals surface area contributed by atoms with Gasteiger partial charge in [-0.3, -0.25) is 4.79 Å². The van der Waals surface area contributed by atoms with Crippen molar-refractivity contribution >= 4 is 18.6 Å². The van der Waals surface area contributed by atoms with Gasteiger partial charge in [-0.1, -0.05) is 30.3 Å². The van der Waals surface area contributed by atoms with Gasteiger partial charge in [0.25, 0.3) is 0 Å². The molecule has 2 atom stereocenters. The van der Waals surface area contributed by atoms with Crippen LogP contribution in [0.2, 0.25) is 0 Å². The molecule has 1 aliphatic rings. The Morgan fingerprint density at radius 3 is 2.81 bits per heavy atom. The summed E-state index contributed by atoms with van der Waals surface area (Å²) in [6.07, 6.45) is 0.911. The van der Waals surface area contributed by atoms with Gasteiger partial charge in [0.2, 0.25) is 0 Å². The second kappa shape index (κ2) is 5.37. The molecule has 1 fully saturated rings. The predicted octanol–water partition coefficient (Wildman–Crippen LogP) is 1.39. The molecule has 3 nitrogen and oxygen atoms in total. The first kappa shape index (κ1) is 11.5. The van der Waals surface area contributed by atoms with Gasteiger partial charge in [0.05, 0.1) is 0 Å². The molecule has 0 radical (unpaired) electrons. The fourth-order valence-electron chi connectivity index (χ4n) is 1.75. The second-order valence-corrected chi connectivity index (χ2v) is 4.54. The van der Waals surface area contributed by atoms with Crippen LogP contribution in [-0.4, -0.2) is 23.8 Å². The lowest BCUT2D eigenvalue weighted by Crippen LogP contribution is -2.37. The van der Waals surface area contributed by atoms with E-state index in [1.165, 1.54) is 0 Å². The molecule has 86 valence electrons. The maximum Gasteiger partial charge on any atom is 0.324 e. The molecule has 0 aliphatic carbocycles. The third kappa shape index (κ3) is 2.77. The molecule has 1 heterocycles. The molecule has 1 unspecified atom stereocenters. The van der Waals surface area contributed by atoms with Crippen molar-refractivity contribution in [1.82, 2.24) is 5.32 Å². The van der Waals surface area contributed by atoms with Gasteiger partial charge in [-0.2, -0.15) is 12.6 Å². The van der Waals surface area contributed by atoms with Crippen molar-refractivity contribution in [2.24, 2.45) is 0 Å². The van der Waals surface area contributed by atoms with Crippen molar-refractivity contribution in [2.45, 2.75) is 24.3 Å². The van der Waals surface area contributed by atoms with Crippen LogP contribution in [0.5, 0.6) is 0 Å². The minimum atomic E-state index is -0.257. The molecular formula is C12H15NO2S. The molecule has 0 aromatic heterocycles. The van der Waals surface area contributed by atoms with Crippen LogP contribution in [0.3, 0.4) is 0 Å². The molecule has 2 rings (SSSR count). The summed E-state index contributed by atoms with van der Waals surface area (Å²) in [5.74, 6) is -0.207. The molecule has 1 aromatic carbocycles. The van der Waals surface area contributed by atoms with Crippen LogP contribution in [0.15, 0.2) is 30.3 Å². The van der Waals surface area contributed by atoms with Crippen LogP contribution >= 0.6 is 12.6 Å². The fourth-order valence-corrected chi connectivity index (χ4v) is 2.10. The van der Waals surface area contributed by atoms with E-state index in [-0.39, 0.29) is 17.3 Å². The number of carbonyl (C=O) groups excluding carboxylic acids is 1. The van der Waals surface area contributed by atoms with Crippen molar-refractivity contribution in [3.63, 3.8) is 0 Å². The largest absolute Gasteiger partial charge is 0.460 e. The zero-order chi connectivity index (χ0) is 11.4. The van der Waals surface area contributed by atoms with Crippen LogP contribution in [0, 0.1) is 0 Å². The Morgan fingerprint density at radius 1 is 1.44 bits per heavy atom. The topological polar surface area (TPSA) is 38.3 Å². The Balaban J connectivity index is 1.84. The van der Waals surface area contributed by atoms with Gasteiger partial charge in [0, 0.05) is 5.25 Å². The van der Waals surface area contributed by atoms with E-state index >= 15 is 0 Å². The Hall–Kier alpha value is -1.00. The number of esters is 1. The first-order chi connectivity index (χ1) is 7.77. The average molecular weight is 237 g/mol. The summed E-state index contributed by atoms with van der Waals surface area (Å²) in [6.45, 7) is 1.16. The van der Waals surface area contributed by atoms with Gasteiger partial charge in [0.15, 0.2) is 0 Å². The third-order valence-corrected chi connectivity index (χ3v) is 3.22. The summed E-state index contributed by atoms with van der Waals surface area (Å²) in [4.78, 5) is 11.7. The molecule has 1 N–H and O–H groups in total. The number of hydrogen-bond acceptors (Lipinski definition) is 4. The monoisotopic (exact) mass is 237 g/mol. The van der Waals surface area contributed by atoms with Crippen molar-refractivity contribution in [1.29, 1.82) is 0 Å². The SMILES string of the molecule is O=C(OCc1ccccc1)[C@H]1NCCC1S. The molecule has 0 amide bonds. The Labute approximate surface area is 101 Å². The summed E-state index contributed by atoms with van der Waals surface area (Å²) < 4.78 is 5.23. The van der Waals surface area contributed by atoms with E-state index in [9.17, 15) is 4.79 Å². The predicted molar refractivity (Wildman–Crippen MR) is 65.4 cm³/mol. The number of ether oxygens (including phenoxy) is 1. The van der Waals surface area contributed by atoms with Crippen LogP contribution < -0.4 is 5.32 Å². The quantitative estimate of drug-likeness (QED) is 0.616. The molecule has 1 aliphatic heterocycles. The van der Waals surface area contributed by atoms with Crippen molar-refractivity contribution in [3.8, 4) is 0 Å². The summed E-state index contributed by atoms with van der Waals surface area (Å²) in [7, 11) is 0. The normalized spacial score (nSPS) is 24.3. The Kier molecular flexibility index (Phi) is 3.85. The summed E-state index contributed by atoms with van der Waals surface area (Å²) >= 11 is 4.34. The molecule has 1 saturated heterocycles. The first-order valence-corrected chi connectivity index (χ1v) is 5.91. The number of benzene rings is 1. The molecule has 0 bridgehead atoms. The van der Waals surface area contributed by atoms with Crippen LogP contribution in [0.1, 0.15) is 12.0 Å². The lowest BCUT2D eigenvalue weighted by Gasteiger charge is -2.13. The zero-order valence-corrected chi connectivity index (χ0v) is 9.82. The highest BCUT2D eigenvalue weighted by atomic mass is 32.1. The van der Waals surface area contributed by atoms with Crippen LogP contribution in [-0.2, 0) is 16.1 Å². The maximum absolute atomic E-state index is 11.7. The van der Waals surface area contributed by atoms with Gasteiger partial charge in [-0.05, 0) is 18.5 Å². The van der Waals surface area contributed by atoms with E-state index in [1.54, 1.807) is 0 Å². The molecular weight excluding hydrogens is 222 g/mol. The highest BCUT2D eigenvalue weighted by Gasteiger charge is 2.31. The summed E-state index contributed by atoms with van der Waals surface area (Å²) in [6, 6.07) is 9.41. The minimum absolute atomic E-state index is 0.0725. The van der Waals surface area contributed by atoms with E-state index < -0.39 is 0 Å². The minimum Gasteiger partial charge on any atom is -0.460 e. The lowest BCUT2D eigenvalue weighted by atomic mass is 10.2. The summed E-state index contributed by atoms with van der Waals surface area (Å²) in [5, 5.41) is 3.16. The molecule has 0 spiro atoms. The van der Waals surface area contributed by atoms with Gasteiger partial charge in [0.1, 0.15) is 12.6 Å². The molecule has 16 heavy (non-hydrogen) atoms. The van der Waals surface area contributed by atoms with Crippen LogP contribution in [0.25, 0.3) is 0 Å². The lowest BCUT2D eigenvalue weighted by molar-refractivity contribution is -0.146. The molecule has 0 saturated carbocycles. The summed E-state index contributed by atoms with van der Waals surface area (Å²) in [5.41, 5.74) is 1.00. The van der Waals surface area contributed by atoms with E-state index in [0.717, 1.165) is 18.5 Å². The number of thiol groups is 1. The maximum atomic E-state index is 11.7. The van der Waals surface area contributed by atoms with Crippen molar-refractivity contribution in [2.75, 3.05) is 6.54 Å². The smallest absolute Gasteiger partial charge is 0.324 e. The Bertz CT molecular complexity index is 355. The second-order valence-electron chi connectivity index (χ2n) is 3.88. The first-order valence-electron chi connectivity index (χ1n) is 5.39. The van der Waals surface area contributed by atoms with Crippen molar-refractivity contribution < 1.29 is 9.53 Å². The standard InChI is InChI=1S/C12H15NO2S/c14-12(11-10(16)6-7-13-11)15-8-9-4-2-1-3-5-9/h1-5,10-11,13,16H,6-8H2/t10?,11-/m0/s1. The molecule has 4 heteroatoms. The van der Waals surface area contributed by atoms with E-state index in [4.69, 9.17) is 4.74 Å². The highest BCUT2D eigenvalue weighted by molar-refractivity contribution is 7.81. The third-order valence-electron chi connectivity index (χ3n) is 2.67. The van der Waals surface area contributed by atoms with Gasteiger partial charge < -0.3 is 10.1 Å². The highest BCUT2D eigenvalue weighted by Crippen LogP contribution is 2.15. The fraction of sp³-hybridized carbons (Fsp3) is 0.417. The zero-order valence-electron chi connectivity index (χ0n) is 8.93. The number of nitrogens with one attached hydrogen (secondary N) is 1. The number of carbonyl (C=O) groups is 1. The Morgan fingerprint density at radius 2 is 2.19 bits per heavy atom. The average Bonchev–Trinajstić information content (AvgIpc) is 2.74. The van der Waals surface area contributed by atoms with Crippen molar-refractivity contribution in [3.05, 3.63) is 35.9 Å². The van der Waals surface area contributed by atoms with Gasteiger partial charge in [-0.25, -0.2) is 0 Å². The van der Waals surface area contributed by atoms with Crippen LogP contribution in [0.4, 0.5) is 0 Å². The molecule has 1 aromatic rings. The van der Waals surface area contributed by atoms with E-state index in [0.29, 0.717) is 6.61 Å². The van der Waals surface area contributed by atoms with Gasteiger partial charge in [-0.15, -0.1) is 0 Å².